The van der Waals surface area contributed by atoms with Crippen molar-refractivity contribution in [1.82, 2.24) is 19.6 Å². The zero-order chi connectivity index (χ0) is 19.6. The van der Waals surface area contributed by atoms with Crippen LogP contribution in [0.5, 0.6) is 0 Å². The van der Waals surface area contributed by atoms with E-state index in [4.69, 9.17) is 9.15 Å². The summed E-state index contributed by atoms with van der Waals surface area (Å²) in [5.41, 5.74) is 2.98. The van der Waals surface area contributed by atoms with Crippen LogP contribution in [0.15, 0.2) is 59.6 Å². The molecule has 0 radical (unpaired) electrons. The Morgan fingerprint density at radius 3 is 2.69 bits per heavy atom. The van der Waals surface area contributed by atoms with Crippen LogP contribution in [-0.2, 0) is 11.2 Å². The van der Waals surface area contributed by atoms with E-state index in [9.17, 15) is 4.79 Å². The van der Waals surface area contributed by atoms with Crippen LogP contribution in [0, 0.1) is 0 Å². The molecular formula is C21H19N5O3. The number of hydrogen-bond donors (Lipinski definition) is 0. The lowest BCUT2D eigenvalue weighted by molar-refractivity contribution is 0.0992. The number of morpholine rings is 1. The van der Waals surface area contributed by atoms with Gasteiger partial charge in [-0.3, -0.25) is 4.79 Å². The second-order valence-corrected chi connectivity index (χ2v) is 6.85. The molecule has 4 aromatic rings. The second kappa shape index (κ2) is 7.48. The molecule has 0 N–H and O–H groups in total. The van der Waals surface area contributed by atoms with Crippen molar-refractivity contribution in [2.75, 3.05) is 31.2 Å². The number of ketones is 1. The van der Waals surface area contributed by atoms with Gasteiger partial charge in [0.2, 0.25) is 0 Å². The summed E-state index contributed by atoms with van der Waals surface area (Å²) in [6.45, 7) is 2.93. The first kappa shape index (κ1) is 17.6. The van der Waals surface area contributed by atoms with Crippen LogP contribution in [-0.4, -0.2) is 51.7 Å². The highest BCUT2D eigenvalue weighted by atomic mass is 16.5. The van der Waals surface area contributed by atoms with E-state index < -0.39 is 0 Å². The summed E-state index contributed by atoms with van der Waals surface area (Å²) in [5.74, 6) is 1.62. The van der Waals surface area contributed by atoms with Crippen molar-refractivity contribution in [3.8, 4) is 11.3 Å². The molecule has 1 aliphatic heterocycles. The lowest BCUT2D eigenvalue weighted by Crippen LogP contribution is -2.37. The number of Topliss-reactive ketones (excluding diaryl/α,β-unsaturated/α-hetero) is 1. The number of nitrogens with zero attached hydrogens (tertiary/aromatic N) is 5. The first-order valence-electron chi connectivity index (χ1n) is 9.46. The maximum atomic E-state index is 12.8. The Labute approximate surface area is 166 Å². The van der Waals surface area contributed by atoms with Crippen molar-refractivity contribution in [2.45, 2.75) is 6.42 Å². The van der Waals surface area contributed by atoms with Crippen LogP contribution in [0.1, 0.15) is 16.1 Å². The van der Waals surface area contributed by atoms with Gasteiger partial charge in [-0.2, -0.15) is 9.61 Å². The zero-order valence-corrected chi connectivity index (χ0v) is 15.7. The van der Waals surface area contributed by atoms with E-state index in [2.05, 4.69) is 20.0 Å². The molecule has 0 aliphatic carbocycles. The van der Waals surface area contributed by atoms with Gasteiger partial charge in [0, 0.05) is 36.3 Å². The zero-order valence-electron chi connectivity index (χ0n) is 15.7. The summed E-state index contributed by atoms with van der Waals surface area (Å²) >= 11 is 0. The molecule has 1 aliphatic rings. The van der Waals surface area contributed by atoms with Crippen LogP contribution in [0.4, 0.5) is 5.82 Å². The minimum Gasteiger partial charge on any atom is -0.444 e. The van der Waals surface area contributed by atoms with E-state index in [1.54, 1.807) is 24.5 Å². The molecule has 1 aromatic carbocycles. The van der Waals surface area contributed by atoms with Gasteiger partial charge in [0.15, 0.2) is 23.6 Å². The minimum atomic E-state index is 0.0124. The number of benzene rings is 1. The summed E-state index contributed by atoms with van der Waals surface area (Å²) in [4.78, 5) is 23.6. The highest BCUT2D eigenvalue weighted by Gasteiger charge is 2.18. The average Bonchev–Trinajstić information content (AvgIpc) is 3.46. The smallest absolute Gasteiger partial charge is 0.181 e. The van der Waals surface area contributed by atoms with Crippen molar-refractivity contribution in [3.63, 3.8) is 0 Å². The van der Waals surface area contributed by atoms with Gasteiger partial charge < -0.3 is 14.1 Å². The molecule has 1 fully saturated rings. The van der Waals surface area contributed by atoms with Crippen molar-refractivity contribution in [1.29, 1.82) is 0 Å². The van der Waals surface area contributed by atoms with Crippen LogP contribution in [0.3, 0.4) is 0 Å². The van der Waals surface area contributed by atoms with E-state index >= 15 is 0 Å². The molecular weight excluding hydrogens is 370 g/mol. The number of aromatic nitrogens is 4. The van der Waals surface area contributed by atoms with Crippen LogP contribution < -0.4 is 4.90 Å². The number of ether oxygens (including phenoxy) is 1. The molecule has 0 spiro atoms. The molecule has 0 bridgehead atoms. The quantitative estimate of drug-likeness (QED) is 0.485. The molecule has 5 rings (SSSR count). The fraction of sp³-hybridized carbons (Fsp3) is 0.238. The molecule has 0 saturated carbocycles. The normalized spacial score (nSPS) is 14.4. The van der Waals surface area contributed by atoms with Crippen molar-refractivity contribution in [3.05, 3.63) is 66.4 Å². The molecule has 0 amide bonds. The Hall–Kier alpha value is -3.52. The second-order valence-electron chi connectivity index (χ2n) is 6.85. The maximum absolute atomic E-state index is 12.8. The number of carbonyl (C=O) groups excluding carboxylic acids is 1. The van der Waals surface area contributed by atoms with Gasteiger partial charge in [0.1, 0.15) is 5.82 Å². The highest BCUT2D eigenvalue weighted by molar-refractivity contribution is 5.97. The molecule has 0 unspecified atom stereocenters. The third-order valence-corrected chi connectivity index (χ3v) is 4.99. The topological polar surface area (TPSA) is 85.8 Å². The molecule has 3 aromatic heterocycles. The molecule has 4 heterocycles. The highest BCUT2D eigenvalue weighted by Crippen LogP contribution is 2.21. The molecule has 8 heteroatoms. The molecule has 8 nitrogen and oxygen atoms in total. The number of carbonyl (C=O) groups is 1. The monoisotopic (exact) mass is 389 g/mol. The van der Waals surface area contributed by atoms with Gasteiger partial charge in [-0.1, -0.05) is 24.3 Å². The number of anilines is 1. The molecule has 29 heavy (non-hydrogen) atoms. The third-order valence-electron chi connectivity index (χ3n) is 4.99. The Morgan fingerprint density at radius 2 is 1.93 bits per heavy atom. The minimum absolute atomic E-state index is 0.0124. The van der Waals surface area contributed by atoms with Gasteiger partial charge in [-0.25, -0.2) is 9.97 Å². The van der Waals surface area contributed by atoms with Crippen molar-refractivity contribution < 1.29 is 13.9 Å². The van der Waals surface area contributed by atoms with Crippen molar-refractivity contribution >= 4 is 17.2 Å². The largest absolute Gasteiger partial charge is 0.444 e. The Bertz CT molecular complexity index is 1130. The first-order valence-corrected chi connectivity index (χ1v) is 9.46. The molecule has 0 atom stereocenters. The van der Waals surface area contributed by atoms with Crippen molar-refractivity contribution in [2.24, 2.45) is 0 Å². The van der Waals surface area contributed by atoms with E-state index in [-0.39, 0.29) is 12.2 Å². The number of rotatable bonds is 5. The summed E-state index contributed by atoms with van der Waals surface area (Å²) < 4.78 is 12.6. The summed E-state index contributed by atoms with van der Waals surface area (Å²) in [6, 6.07) is 11.1. The Morgan fingerprint density at radius 1 is 1.10 bits per heavy atom. The lowest BCUT2D eigenvalue weighted by atomic mass is 10.0. The fourth-order valence-electron chi connectivity index (χ4n) is 3.50. The molecule has 1 saturated heterocycles. The van der Waals surface area contributed by atoms with Gasteiger partial charge in [-0.05, 0) is 0 Å². The predicted octanol–water partition coefficient (Wildman–Crippen LogP) is 2.65. The van der Waals surface area contributed by atoms with Gasteiger partial charge in [0.05, 0.1) is 37.7 Å². The van der Waals surface area contributed by atoms with E-state index in [0.717, 1.165) is 35.8 Å². The summed E-state index contributed by atoms with van der Waals surface area (Å²) in [7, 11) is 0. The Kier molecular flexibility index (Phi) is 4.53. The maximum Gasteiger partial charge on any atom is 0.181 e. The van der Waals surface area contributed by atoms with Gasteiger partial charge in [-0.15, -0.1) is 0 Å². The number of hydrogen-bond acceptors (Lipinski definition) is 7. The lowest BCUT2D eigenvalue weighted by Gasteiger charge is -2.29. The van der Waals surface area contributed by atoms with Crippen LogP contribution in [0.2, 0.25) is 0 Å². The molecule has 146 valence electrons. The average molecular weight is 389 g/mol. The first-order chi connectivity index (χ1) is 14.3. The van der Waals surface area contributed by atoms with Crippen LogP contribution >= 0.6 is 0 Å². The Balaban J connectivity index is 1.40. The standard InChI is InChI=1S/C21H19N5O3/c27-18(15-1-3-16(4-2-15)19-13-22-14-29-19)11-17-12-21(25-7-9-28-10-8-25)26-20(24-17)5-6-23-26/h1-6,12-14H,7-11H2. The predicted molar refractivity (Wildman–Crippen MR) is 106 cm³/mol. The summed E-state index contributed by atoms with van der Waals surface area (Å²) in [6.07, 6.45) is 4.98. The number of oxazole rings is 1. The fourth-order valence-corrected chi connectivity index (χ4v) is 3.50. The van der Waals surface area contributed by atoms with Gasteiger partial charge >= 0.3 is 0 Å². The van der Waals surface area contributed by atoms with E-state index in [0.29, 0.717) is 24.5 Å². The SMILES string of the molecule is O=C(Cc1cc(N2CCOCC2)n2nccc2n1)c1ccc(-c2cnco2)cc1. The summed E-state index contributed by atoms with van der Waals surface area (Å²) in [5, 5.41) is 4.38. The van der Waals surface area contributed by atoms with E-state index in [1.165, 1.54) is 6.39 Å². The van der Waals surface area contributed by atoms with E-state index in [1.807, 2.05) is 28.8 Å². The van der Waals surface area contributed by atoms with Gasteiger partial charge in [0.25, 0.3) is 0 Å². The van der Waals surface area contributed by atoms with Crippen LogP contribution in [0.25, 0.3) is 17.0 Å². The third kappa shape index (κ3) is 3.50. The number of fused-ring (bicyclic) bond motifs is 1.